The fourth-order valence-electron chi connectivity index (χ4n) is 1.75. The molecule has 2 N–H and O–H groups in total. The van der Waals surface area contributed by atoms with Gasteiger partial charge in [0.1, 0.15) is 5.75 Å². The van der Waals surface area contributed by atoms with Crippen LogP contribution in [0.15, 0.2) is 24.3 Å². The van der Waals surface area contributed by atoms with E-state index < -0.39 is 5.54 Å². The number of nitrogens with one attached hydrogen (secondary N) is 1. The third kappa shape index (κ3) is 3.47. The number of carbonyl (C=O) groups excluding carboxylic acids is 1. The van der Waals surface area contributed by atoms with Gasteiger partial charge in [0.25, 0.3) is 5.91 Å². The molecule has 0 fully saturated rings. The molecule has 4 heteroatoms. The fraction of sp³-hybridized carbons (Fsp3) is 0.500. The maximum atomic E-state index is 12.2. The second-order valence-electron chi connectivity index (χ2n) is 4.54. The average molecular weight is 251 g/mol. The Morgan fingerprint density at radius 1 is 1.44 bits per heavy atom. The Bertz CT molecular complexity index is 406. The van der Waals surface area contributed by atoms with Crippen LogP contribution in [0.1, 0.15) is 37.0 Å². The van der Waals surface area contributed by atoms with Crippen LogP contribution in [0.4, 0.5) is 0 Å². The first kappa shape index (κ1) is 14.5. The molecule has 1 aromatic carbocycles. The third-order valence-electron chi connectivity index (χ3n) is 3.21. The number of rotatable bonds is 6. The van der Waals surface area contributed by atoms with Crippen LogP contribution in [-0.4, -0.2) is 30.3 Å². The van der Waals surface area contributed by atoms with Gasteiger partial charge in [-0.15, -0.1) is 0 Å². The van der Waals surface area contributed by atoms with Crippen molar-refractivity contribution in [2.45, 2.75) is 32.2 Å². The van der Waals surface area contributed by atoms with E-state index in [9.17, 15) is 4.79 Å². The molecule has 0 aromatic heterocycles. The summed E-state index contributed by atoms with van der Waals surface area (Å²) in [5.41, 5.74) is 0.116. The molecule has 0 saturated carbocycles. The normalized spacial score (nSPS) is 13.8. The van der Waals surface area contributed by atoms with Crippen LogP contribution in [-0.2, 0) is 0 Å². The second-order valence-corrected chi connectivity index (χ2v) is 4.54. The maximum Gasteiger partial charge on any atom is 0.255 e. The molecular weight excluding hydrogens is 230 g/mol. The minimum Gasteiger partial charge on any atom is -0.496 e. The molecule has 1 aromatic rings. The molecule has 0 radical (unpaired) electrons. The van der Waals surface area contributed by atoms with Gasteiger partial charge in [-0.2, -0.15) is 0 Å². The number of methoxy groups -OCH3 is 1. The average Bonchev–Trinajstić information content (AvgIpc) is 2.38. The maximum absolute atomic E-state index is 12.2. The number of aliphatic hydroxyl groups excluding tert-OH is 1. The lowest BCUT2D eigenvalue weighted by Crippen LogP contribution is -2.46. The van der Waals surface area contributed by atoms with E-state index in [1.165, 1.54) is 0 Å². The summed E-state index contributed by atoms with van der Waals surface area (Å²) in [5.74, 6) is 0.378. The van der Waals surface area contributed by atoms with Gasteiger partial charge < -0.3 is 15.2 Å². The van der Waals surface area contributed by atoms with Crippen LogP contribution in [0, 0.1) is 0 Å². The highest BCUT2D eigenvalue weighted by atomic mass is 16.5. The molecule has 1 atom stereocenters. The van der Waals surface area contributed by atoms with Gasteiger partial charge in [-0.25, -0.2) is 0 Å². The van der Waals surface area contributed by atoms with Crippen LogP contribution < -0.4 is 10.1 Å². The first-order chi connectivity index (χ1) is 8.56. The van der Waals surface area contributed by atoms with Crippen LogP contribution in [0.5, 0.6) is 5.75 Å². The second kappa shape index (κ2) is 6.40. The van der Waals surface area contributed by atoms with Gasteiger partial charge >= 0.3 is 0 Å². The Balaban J connectivity index is 2.87. The van der Waals surface area contributed by atoms with Crippen LogP contribution >= 0.6 is 0 Å². The SMILES string of the molecule is CCC(C)(CCO)NC(=O)c1ccccc1OC. The lowest BCUT2D eigenvalue weighted by atomic mass is 9.94. The number of aliphatic hydroxyl groups is 1. The lowest BCUT2D eigenvalue weighted by molar-refractivity contribution is 0.0883. The quantitative estimate of drug-likeness (QED) is 0.812. The Labute approximate surface area is 108 Å². The molecule has 1 unspecified atom stereocenters. The summed E-state index contributed by atoms with van der Waals surface area (Å²) < 4.78 is 5.16. The summed E-state index contributed by atoms with van der Waals surface area (Å²) in [6.07, 6.45) is 1.29. The Hall–Kier alpha value is -1.55. The summed E-state index contributed by atoms with van der Waals surface area (Å²) in [4.78, 5) is 12.2. The van der Waals surface area contributed by atoms with Crippen LogP contribution in [0.3, 0.4) is 0 Å². The van der Waals surface area contributed by atoms with Gasteiger partial charge in [0, 0.05) is 12.1 Å². The Morgan fingerprint density at radius 2 is 2.11 bits per heavy atom. The summed E-state index contributed by atoms with van der Waals surface area (Å²) >= 11 is 0. The molecule has 0 aliphatic heterocycles. The summed E-state index contributed by atoms with van der Waals surface area (Å²) in [7, 11) is 1.54. The molecule has 0 heterocycles. The highest BCUT2D eigenvalue weighted by Crippen LogP contribution is 2.20. The van der Waals surface area contributed by atoms with E-state index in [-0.39, 0.29) is 12.5 Å². The number of hydrogen-bond donors (Lipinski definition) is 2. The van der Waals surface area contributed by atoms with E-state index >= 15 is 0 Å². The number of carbonyl (C=O) groups is 1. The van der Waals surface area contributed by atoms with Gasteiger partial charge in [-0.1, -0.05) is 19.1 Å². The molecule has 0 bridgehead atoms. The summed E-state index contributed by atoms with van der Waals surface area (Å²) in [6, 6.07) is 7.10. The van der Waals surface area contributed by atoms with E-state index in [0.717, 1.165) is 6.42 Å². The van der Waals surface area contributed by atoms with E-state index in [1.807, 2.05) is 19.9 Å². The molecule has 0 aliphatic carbocycles. The van der Waals surface area contributed by atoms with Gasteiger partial charge in [0.05, 0.1) is 12.7 Å². The topological polar surface area (TPSA) is 58.6 Å². The lowest BCUT2D eigenvalue weighted by Gasteiger charge is -2.29. The van der Waals surface area contributed by atoms with Crippen molar-refractivity contribution in [1.82, 2.24) is 5.32 Å². The van der Waals surface area contributed by atoms with Gasteiger partial charge in [-0.3, -0.25) is 4.79 Å². The number of ether oxygens (including phenoxy) is 1. The van der Waals surface area contributed by atoms with E-state index in [0.29, 0.717) is 17.7 Å². The molecule has 18 heavy (non-hydrogen) atoms. The largest absolute Gasteiger partial charge is 0.496 e. The molecule has 0 aliphatic rings. The van der Waals surface area contributed by atoms with Crippen molar-refractivity contribution < 1.29 is 14.6 Å². The van der Waals surface area contributed by atoms with E-state index in [1.54, 1.807) is 25.3 Å². The smallest absolute Gasteiger partial charge is 0.255 e. The molecular formula is C14H21NO3. The van der Waals surface area contributed by atoms with Gasteiger partial charge in [-0.05, 0) is 31.9 Å². The number of amides is 1. The van der Waals surface area contributed by atoms with Crippen molar-refractivity contribution in [3.05, 3.63) is 29.8 Å². The molecule has 1 amide bonds. The molecule has 100 valence electrons. The van der Waals surface area contributed by atoms with Crippen molar-refractivity contribution in [3.63, 3.8) is 0 Å². The number of hydrogen-bond acceptors (Lipinski definition) is 3. The van der Waals surface area contributed by atoms with E-state index in [4.69, 9.17) is 9.84 Å². The first-order valence-corrected chi connectivity index (χ1v) is 6.12. The highest BCUT2D eigenvalue weighted by molar-refractivity contribution is 5.97. The fourth-order valence-corrected chi connectivity index (χ4v) is 1.75. The van der Waals surface area contributed by atoms with Gasteiger partial charge in [0.2, 0.25) is 0 Å². The van der Waals surface area contributed by atoms with Crippen molar-refractivity contribution in [2.75, 3.05) is 13.7 Å². The minimum absolute atomic E-state index is 0.0521. The predicted octanol–water partition coefficient (Wildman–Crippen LogP) is 1.98. The summed E-state index contributed by atoms with van der Waals surface area (Å²) in [6.45, 7) is 3.96. The van der Waals surface area contributed by atoms with Crippen molar-refractivity contribution in [3.8, 4) is 5.75 Å². The number of para-hydroxylation sites is 1. The standard InChI is InChI=1S/C14H21NO3/c1-4-14(2,9-10-16)15-13(17)11-7-5-6-8-12(11)18-3/h5-8,16H,4,9-10H2,1-3H3,(H,15,17). The van der Waals surface area contributed by atoms with Gasteiger partial charge in [0.15, 0.2) is 0 Å². The molecule has 0 saturated heterocycles. The zero-order valence-corrected chi connectivity index (χ0v) is 11.2. The number of benzene rings is 1. The monoisotopic (exact) mass is 251 g/mol. The zero-order chi connectivity index (χ0) is 13.6. The van der Waals surface area contributed by atoms with E-state index in [2.05, 4.69) is 5.32 Å². The van der Waals surface area contributed by atoms with Crippen molar-refractivity contribution in [2.24, 2.45) is 0 Å². The van der Waals surface area contributed by atoms with Crippen molar-refractivity contribution >= 4 is 5.91 Å². The zero-order valence-electron chi connectivity index (χ0n) is 11.2. The summed E-state index contributed by atoms with van der Waals surface area (Å²) in [5, 5.41) is 12.0. The Kier molecular flexibility index (Phi) is 5.16. The van der Waals surface area contributed by atoms with Crippen molar-refractivity contribution in [1.29, 1.82) is 0 Å². The first-order valence-electron chi connectivity index (χ1n) is 6.12. The molecule has 0 spiro atoms. The van der Waals surface area contributed by atoms with Crippen LogP contribution in [0.2, 0.25) is 0 Å². The minimum atomic E-state index is -0.396. The van der Waals surface area contributed by atoms with Crippen LogP contribution in [0.25, 0.3) is 0 Å². The molecule has 1 rings (SSSR count). The third-order valence-corrected chi connectivity index (χ3v) is 3.21. The predicted molar refractivity (Wildman–Crippen MR) is 70.9 cm³/mol. The Morgan fingerprint density at radius 3 is 2.67 bits per heavy atom. The molecule has 4 nitrogen and oxygen atoms in total. The highest BCUT2D eigenvalue weighted by Gasteiger charge is 2.25.